The van der Waals surface area contributed by atoms with Crippen molar-refractivity contribution in [1.29, 1.82) is 0 Å². The normalized spacial score (nSPS) is 30.3. The number of carbonyl (C=O) groups excluding carboxylic acids is 1. The van der Waals surface area contributed by atoms with Crippen molar-refractivity contribution in [3.8, 4) is 0 Å². The number of aryl methyl sites for hydroxylation is 1. The highest BCUT2D eigenvalue weighted by atomic mass is 16.5. The van der Waals surface area contributed by atoms with Gasteiger partial charge in [0.25, 0.3) is 0 Å². The van der Waals surface area contributed by atoms with E-state index in [0.29, 0.717) is 19.1 Å². The molecular formula is C19H28N4O2. The van der Waals surface area contributed by atoms with E-state index in [9.17, 15) is 4.79 Å². The lowest BCUT2D eigenvalue weighted by Gasteiger charge is -2.36. The average Bonchev–Trinajstić information content (AvgIpc) is 3.24. The number of amides is 1. The lowest BCUT2D eigenvalue weighted by molar-refractivity contribution is -0.143. The van der Waals surface area contributed by atoms with Gasteiger partial charge in [-0.25, -0.2) is 9.97 Å². The number of rotatable bonds is 3. The van der Waals surface area contributed by atoms with Crippen LogP contribution in [-0.2, 0) is 16.1 Å². The summed E-state index contributed by atoms with van der Waals surface area (Å²) in [6.07, 6.45) is 8.42. The van der Waals surface area contributed by atoms with E-state index in [1.165, 1.54) is 12.8 Å². The zero-order valence-electron chi connectivity index (χ0n) is 15.1. The van der Waals surface area contributed by atoms with Crippen molar-refractivity contribution in [2.75, 3.05) is 39.4 Å². The standard InChI is InChI=1S/C19H28N4O2/c1-15-20-11-16(12-21-15)13-22-6-5-19(14-22)4-2-3-17(19)18(24)23-7-9-25-10-8-23/h11-12,17H,2-10,13-14H2,1H3. The molecule has 1 aromatic rings. The molecular weight excluding hydrogens is 316 g/mol. The maximum Gasteiger partial charge on any atom is 0.226 e. The summed E-state index contributed by atoms with van der Waals surface area (Å²) in [5.74, 6) is 1.39. The molecule has 3 aliphatic rings. The van der Waals surface area contributed by atoms with Gasteiger partial charge in [-0.3, -0.25) is 9.69 Å². The van der Waals surface area contributed by atoms with Crippen molar-refractivity contribution in [3.63, 3.8) is 0 Å². The predicted molar refractivity (Wildman–Crippen MR) is 93.8 cm³/mol. The van der Waals surface area contributed by atoms with Gasteiger partial charge >= 0.3 is 0 Å². The molecule has 1 saturated carbocycles. The molecule has 0 aromatic carbocycles. The first-order valence-corrected chi connectivity index (χ1v) is 9.53. The van der Waals surface area contributed by atoms with Crippen LogP contribution in [0, 0.1) is 18.3 Å². The number of hydrogen-bond donors (Lipinski definition) is 0. The molecule has 25 heavy (non-hydrogen) atoms. The first-order valence-electron chi connectivity index (χ1n) is 9.53. The van der Waals surface area contributed by atoms with Crippen molar-refractivity contribution in [1.82, 2.24) is 19.8 Å². The van der Waals surface area contributed by atoms with E-state index < -0.39 is 0 Å². The molecule has 2 aliphatic heterocycles. The van der Waals surface area contributed by atoms with Crippen molar-refractivity contribution in [2.45, 2.75) is 39.2 Å². The highest BCUT2D eigenvalue weighted by Crippen LogP contribution is 2.50. The quantitative estimate of drug-likeness (QED) is 0.834. The molecule has 3 fully saturated rings. The molecule has 2 atom stereocenters. The molecule has 0 N–H and O–H groups in total. The van der Waals surface area contributed by atoms with Crippen molar-refractivity contribution in [2.24, 2.45) is 11.3 Å². The van der Waals surface area contributed by atoms with Gasteiger partial charge in [0.1, 0.15) is 5.82 Å². The minimum Gasteiger partial charge on any atom is -0.378 e. The average molecular weight is 344 g/mol. The van der Waals surface area contributed by atoms with Crippen molar-refractivity contribution < 1.29 is 9.53 Å². The highest BCUT2D eigenvalue weighted by Gasteiger charge is 2.51. The Bertz CT molecular complexity index is 614. The second-order valence-corrected chi connectivity index (χ2v) is 7.84. The van der Waals surface area contributed by atoms with E-state index in [-0.39, 0.29) is 11.3 Å². The first-order chi connectivity index (χ1) is 12.2. The largest absolute Gasteiger partial charge is 0.378 e. The summed E-state index contributed by atoms with van der Waals surface area (Å²) in [5, 5.41) is 0. The van der Waals surface area contributed by atoms with Crippen LogP contribution in [0.2, 0.25) is 0 Å². The van der Waals surface area contributed by atoms with Crippen LogP contribution < -0.4 is 0 Å². The number of hydrogen-bond acceptors (Lipinski definition) is 5. The molecule has 0 radical (unpaired) electrons. The summed E-state index contributed by atoms with van der Waals surface area (Å²) in [7, 11) is 0. The first kappa shape index (κ1) is 16.9. The highest BCUT2D eigenvalue weighted by molar-refractivity contribution is 5.80. The third-order valence-corrected chi connectivity index (χ3v) is 6.23. The van der Waals surface area contributed by atoms with Crippen LogP contribution >= 0.6 is 0 Å². The third kappa shape index (κ3) is 3.42. The smallest absolute Gasteiger partial charge is 0.226 e. The molecule has 1 spiro atoms. The van der Waals surface area contributed by atoms with Crippen LogP contribution in [0.1, 0.15) is 37.1 Å². The van der Waals surface area contributed by atoms with Crippen LogP contribution in [0.25, 0.3) is 0 Å². The van der Waals surface area contributed by atoms with E-state index in [4.69, 9.17) is 4.74 Å². The molecule has 1 amide bonds. The Hall–Kier alpha value is -1.53. The second-order valence-electron chi connectivity index (χ2n) is 7.84. The number of likely N-dealkylation sites (tertiary alicyclic amines) is 1. The zero-order valence-corrected chi connectivity index (χ0v) is 15.1. The van der Waals surface area contributed by atoms with Crippen molar-refractivity contribution in [3.05, 3.63) is 23.8 Å². The minimum atomic E-state index is 0.181. The van der Waals surface area contributed by atoms with Gasteiger partial charge in [-0.1, -0.05) is 6.42 Å². The van der Waals surface area contributed by atoms with Gasteiger partial charge in [-0.05, 0) is 38.1 Å². The van der Waals surface area contributed by atoms with E-state index in [0.717, 1.165) is 57.0 Å². The minimum absolute atomic E-state index is 0.181. The van der Waals surface area contributed by atoms with E-state index >= 15 is 0 Å². The topological polar surface area (TPSA) is 58.6 Å². The Kier molecular flexibility index (Phi) is 4.73. The molecule has 2 saturated heterocycles. The van der Waals surface area contributed by atoms with E-state index in [1.54, 1.807) is 0 Å². The fourth-order valence-electron chi connectivity index (χ4n) is 4.90. The van der Waals surface area contributed by atoms with E-state index in [1.807, 2.05) is 24.2 Å². The fourth-order valence-corrected chi connectivity index (χ4v) is 4.90. The van der Waals surface area contributed by atoms with Crippen LogP contribution in [0.15, 0.2) is 12.4 Å². The van der Waals surface area contributed by atoms with Gasteiger partial charge < -0.3 is 9.64 Å². The van der Waals surface area contributed by atoms with Gasteiger partial charge in [0.15, 0.2) is 0 Å². The van der Waals surface area contributed by atoms with Gasteiger partial charge in [0.2, 0.25) is 5.91 Å². The predicted octanol–water partition coefficient (Wildman–Crippen LogP) is 1.64. The number of ether oxygens (including phenoxy) is 1. The fraction of sp³-hybridized carbons (Fsp3) is 0.737. The Labute approximate surface area is 149 Å². The molecule has 0 bridgehead atoms. The van der Waals surface area contributed by atoms with Crippen LogP contribution in [0.5, 0.6) is 0 Å². The Morgan fingerprint density at radius 1 is 1.24 bits per heavy atom. The van der Waals surface area contributed by atoms with Gasteiger partial charge in [0.05, 0.1) is 13.2 Å². The summed E-state index contributed by atoms with van der Waals surface area (Å²) in [6.45, 7) is 7.79. The monoisotopic (exact) mass is 344 g/mol. The second kappa shape index (κ2) is 7.00. The Balaban J connectivity index is 1.42. The maximum atomic E-state index is 13.1. The van der Waals surface area contributed by atoms with E-state index in [2.05, 4.69) is 14.9 Å². The molecule has 2 unspecified atom stereocenters. The summed E-state index contributed by atoms with van der Waals surface area (Å²) < 4.78 is 5.41. The summed E-state index contributed by atoms with van der Waals surface area (Å²) >= 11 is 0. The van der Waals surface area contributed by atoms with Gasteiger partial charge in [-0.2, -0.15) is 0 Å². The summed E-state index contributed by atoms with van der Waals surface area (Å²) in [4.78, 5) is 26.2. The van der Waals surface area contributed by atoms with Gasteiger partial charge in [-0.15, -0.1) is 0 Å². The third-order valence-electron chi connectivity index (χ3n) is 6.23. The van der Waals surface area contributed by atoms with Crippen LogP contribution in [0.4, 0.5) is 0 Å². The number of nitrogens with zero attached hydrogens (tertiary/aromatic N) is 4. The molecule has 6 heteroatoms. The number of morpholine rings is 1. The maximum absolute atomic E-state index is 13.1. The number of aromatic nitrogens is 2. The Morgan fingerprint density at radius 2 is 2.00 bits per heavy atom. The van der Waals surface area contributed by atoms with Crippen molar-refractivity contribution >= 4 is 5.91 Å². The molecule has 136 valence electrons. The lowest BCUT2D eigenvalue weighted by Crippen LogP contribution is -2.47. The molecule has 6 nitrogen and oxygen atoms in total. The Morgan fingerprint density at radius 3 is 2.76 bits per heavy atom. The van der Waals surface area contributed by atoms with Crippen LogP contribution in [0.3, 0.4) is 0 Å². The summed E-state index contributed by atoms with van der Waals surface area (Å²) in [5.41, 5.74) is 1.35. The van der Waals surface area contributed by atoms with Gasteiger partial charge in [0, 0.05) is 50.1 Å². The van der Waals surface area contributed by atoms with Crippen LogP contribution in [-0.4, -0.2) is 65.1 Å². The number of carbonyl (C=O) groups is 1. The zero-order chi connectivity index (χ0) is 17.3. The molecule has 4 rings (SSSR count). The molecule has 1 aliphatic carbocycles. The molecule has 1 aromatic heterocycles. The molecule has 3 heterocycles. The summed E-state index contributed by atoms with van der Waals surface area (Å²) in [6, 6.07) is 0. The SMILES string of the molecule is Cc1ncc(CN2CCC3(CCCC3C(=O)N3CCOCC3)C2)cn1. The lowest BCUT2D eigenvalue weighted by atomic mass is 9.76.